The fraction of sp³-hybridized carbons (Fsp3) is 0.778. The lowest BCUT2D eigenvalue weighted by Gasteiger charge is -2.00. The van der Waals surface area contributed by atoms with E-state index < -0.39 is 0 Å². The van der Waals surface area contributed by atoms with Gasteiger partial charge in [-0.15, -0.1) is 0 Å². The number of carbonyl (C=O) groups excluding carboxylic acids is 1. The first-order valence-corrected chi connectivity index (χ1v) is 5.65. The van der Waals surface area contributed by atoms with Crippen LogP contribution in [0.3, 0.4) is 0 Å². The average Bonchev–Trinajstić information content (AvgIpc) is 2.52. The molecule has 0 unspecified atom stereocenters. The molecule has 0 aromatic rings. The van der Waals surface area contributed by atoms with Crippen LogP contribution in [-0.4, -0.2) is 41.0 Å². The van der Waals surface area contributed by atoms with Crippen molar-refractivity contribution in [1.82, 2.24) is 0 Å². The summed E-state index contributed by atoms with van der Waals surface area (Å²) in [5, 5.41) is 1.31. The highest BCUT2D eigenvalue weighted by Gasteiger charge is 2.23. The average molecular weight is 202 g/mol. The van der Waals surface area contributed by atoms with Crippen molar-refractivity contribution >= 4 is 22.8 Å². The summed E-state index contributed by atoms with van der Waals surface area (Å²) in [5.41, 5.74) is 0. The topological polar surface area (TPSA) is 29.3 Å². The third-order valence-corrected chi connectivity index (χ3v) is 3.18. The van der Waals surface area contributed by atoms with Crippen LogP contribution in [0.4, 0.5) is 0 Å². The van der Waals surface area contributed by atoms with Crippen LogP contribution in [0.25, 0.3) is 0 Å². The molecule has 1 heterocycles. The monoisotopic (exact) mass is 202 g/mol. The van der Waals surface area contributed by atoms with Crippen LogP contribution in [-0.2, 0) is 9.53 Å². The lowest BCUT2D eigenvalue weighted by atomic mass is 10.5. The summed E-state index contributed by atoms with van der Waals surface area (Å²) in [7, 11) is 0. The Hall–Kier alpha value is -0.510. The van der Waals surface area contributed by atoms with Gasteiger partial charge in [-0.3, -0.25) is 0 Å². The Morgan fingerprint density at radius 3 is 3.00 bits per heavy atom. The third kappa shape index (κ3) is 3.03. The number of hydrogen-bond acceptors (Lipinski definition) is 3. The van der Waals surface area contributed by atoms with E-state index in [2.05, 4.69) is 11.5 Å². The minimum absolute atomic E-state index is 0.115. The molecule has 0 amide bonds. The van der Waals surface area contributed by atoms with Gasteiger partial charge in [0.2, 0.25) is 11.6 Å². The van der Waals surface area contributed by atoms with Crippen molar-refractivity contribution in [3.63, 3.8) is 0 Å². The molecule has 13 heavy (non-hydrogen) atoms. The molecule has 0 radical (unpaired) electrons. The maximum absolute atomic E-state index is 11.2. The zero-order chi connectivity index (χ0) is 9.68. The smallest absolute Gasteiger partial charge is 0.372 e. The van der Waals surface area contributed by atoms with Crippen LogP contribution in [0, 0.1) is 0 Å². The number of carbonyl (C=O) groups is 1. The highest BCUT2D eigenvalue weighted by Crippen LogP contribution is 2.13. The molecule has 1 aliphatic rings. The summed E-state index contributed by atoms with van der Waals surface area (Å²) in [6.45, 7) is 5.82. The Morgan fingerprint density at radius 1 is 1.62 bits per heavy atom. The maximum atomic E-state index is 11.2. The first-order chi connectivity index (χ1) is 6.27. The summed E-state index contributed by atoms with van der Waals surface area (Å²) in [6.07, 6.45) is 1.02. The van der Waals surface area contributed by atoms with Gasteiger partial charge in [0.05, 0.1) is 12.4 Å². The second kappa shape index (κ2) is 5.27. The Labute approximate surface area is 83.2 Å². The van der Waals surface area contributed by atoms with Crippen molar-refractivity contribution in [2.45, 2.75) is 20.3 Å². The minimum Gasteiger partial charge on any atom is -0.461 e. The van der Waals surface area contributed by atoms with Crippen molar-refractivity contribution in [1.29, 1.82) is 0 Å². The molecule has 0 N–H and O–H groups in total. The van der Waals surface area contributed by atoms with Gasteiger partial charge < -0.3 is 4.74 Å². The Balaban J connectivity index is 2.47. The maximum Gasteiger partial charge on any atom is 0.372 e. The largest absolute Gasteiger partial charge is 0.461 e. The third-order valence-electron chi connectivity index (χ3n) is 1.91. The van der Waals surface area contributed by atoms with Gasteiger partial charge in [-0.25, -0.2) is 9.37 Å². The summed E-state index contributed by atoms with van der Waals surface area (Å²) in [4.78, 5) is 11.2. The Kier molecular flexibility index (Phi) is 4.28. The second-order valence-electron chi connectivity index (χ2n) is 2.82. The number of nitrogens with zero attached hydrogens (tertiary/aromatic N) is 1. The van der Waals surface area contributed by atoms with Crippen LogP contribution in [0.5, 0.6) is 0 Å². The summed E-state index contributed by atoms with van der Waals surface area (Å²) < 4.78 is 7.01. The highest BCUT2D eigenvalue weighted by atomic mass is 32.2. The van der Waals surface area contributed by atoms with E-state index in [4.69, 9.17) is 4.74 Å². The first-order valence-electron chi connectivity index (χ1n) is 4.67. The fourth-order valence-electron chi connectivity index (χ4n) is 1.35. The standard InChI is InChI=1S/C9H16NO2S/c1-3-8-10(5-6-13-8)7-9(11)12-4-2/h3-7H2,1-2H3/q+1. The van der Waals surface area contributed by atoms with Crippen molar-refractivity contribution in [2.75, 3.05) is 25.4 Å². The molecule has 0 bridgehead atoms. The van der Waals surface area contributed by atoms with Gasteiger partial charge in [0, 0.05) is 6.42 Å². The quantitative estimate of drug-likeness (QED) is 0.505. The minimum atomic E-state index is -0.115. The van der Waals surface area contributed by atoms with E-state index in [1.807, 2.05) is 18.7 Å². The molecule has 4 heteroatoms. The molecule has 0 saturated carbocycles. The fourth-order valence-corrected chi connectivity index (χ4v) is 2.43. The molecule has 0 saturated heterocycles. The molecule has 3 nitrogen and oxygen atoms in total. The lowest BCUT2D eigenvalue weighted by Crippen LogP contribution is -2.24. The van der Waals surface area contributed by atoms with Gasteiger partial charge in [0.25, 0.3) is 0 Å². The van der Waals surface area contributed by atoms with Crippen LogP contribution >= 0.6 is 11.8 Å². The Morgan fingerprint density at radius 2 is 2.38 bits per heavy atom. The van der Waals surface area contributed by atoms with Gasteiger partial charge in [-0.1, -0.05) is 18.7 Å². The van der Waals surface area contributed by atoms with Crippen LogP contribution in [0.1, 0.15) is 20.3 Å². The second-order valence-corrected chi connectivity index (χ2v) is 3.99. The van der Waals surface area contributed by atoms with Crippen molar-refractivity contribution in [2.24, 2.45) is 0 Å². The van der Waals surface area contributed by atoms with Crippen molar-refractivity contribution in [3.8, 4) is 0 Å². The summed E-state index contributed by atoms with van der Waals surface area (Å²) >= 11 is 1.85. The van der Waals surface area contributed by atoms with Gasteiger partial charge in [-0.05, 0) is 6.92 Å². The van der Waals surface area contributed by atoms with Crippen LogP contribution in [0.2, 0.25) is 0 Å². The molecule has 0 aliphatic carbocycles. The van der Waals surface area contributed by atoms with Crippen LogP contribution in [0.15, 0.2) is 0 Å². The van der Waals surface area contributed by atoms with Crippen molar-refractivity contribution < 1.29 is 14.1 Å². The van der Waals surface area contributed by atoms with Gasteiger partial charge >= 0.3 is 5.97 Å². The van der Waals surface area contributed by atoms with Gasteiger partial charge in [0.15, 0.2) is 6.54 Å². The molecule has 1 aliphatic heterocycles. The highest BCUT2D eigenvalue weighted by molar-refractivity contribution is 8.13. The number of hydrogen-bond donors (Lipinski definition) is 0. The Bertz CT molecular complexity index is 226. The molecule has 0 fully saturated rings. The molecular formula is C9H16NO2S+. The predicted octanol–water partition coefficient (Wildman–Crippen LogP) is 1.12. The number of thioether (sulfide) groups is 1. The van der Waals surface area contributed by atoms with Gasteiger partial charge in [-0.2, -0.15) is 0 Å². The summed E-state index contributed by atoms with van der Waals surface area (Å²) in [5.74, 6) is 0.985. The van der Waals surface area contributed by atoms with E-state index >= 15 is 0 Å². The van der Waals surface area contributed by atoms with E-state index in [9.17, 15) is 4.79 Å². The number of esters is 1. The van der Waals surface area contributed by atoms with E-state index in [-0.39, 0.29) is 5.97 Å². The molecule has 0 aromatic heterocycles. The molecule has 0 atom stereocenters. The van der Waals surface area contributed by atoms with E-state index in [0.29, 0.717) is 13.2 Å². The molecule has 74 valence electrons. The van der Waals surface area contributed by atoms with Crippen LogP contribution < -0.4 is 0 Å². The molecule has 0 aromatic carbocycles. The predicted molar refractivity (Wildman–Crippen MR) is 54.4 cm³/mol. The van der Waals surface area contributed by atoms with E-state index in [0.717, 1.165) is 18.7 Å². The van der Waals surface area contributed by atoms with Gasteiger partial charge in [0.1, 0.15) is 0 Å². The molecular weight excluding hydrogens is 186 g/mol. The molecule has 0 spiro atoms. The van der Waals surface area contributed by atoms with E-state index in [1.165, 1.54) is 5.04 Å². The lowest BCUT2D eigenvalue weighted by molar-refractivity contribution is -0.509. The number of ether oxygens (including phenoxy) is 1. The molecule has 1 rings (SSSR count). The zero-order valence-corrected chi connectivity index (χ0v) is 9.02. The zero-order valence-electron chi connectivity index (χ0n) is 8.21. The summed E-state index contributed by atoms with van der Waals surface area (Å²) in [6, 6.07) is 0. The normalized spacial score (nSPS) is 16.5. The number of rotatable bonds is 4. The van der Waals surface area contributed by atoms with Crippen molar-refractivity contribution in [3.05, 3.63) is 0 Å². The van der Waals surface area contributed by atoms with E-state index in [1.54, 1.807) is 0 Å². The SMILES string of the molecule is CCOC(=O)C[N+]1=C(CC)SCC1. The first kappa shape index (κ1) is 10.6.